The Hall–Kier alpha value is -3.15. The van der Waals surface area contributed by atoms with Crippen LogP contribution < -0.4 is 15.8 Å². The van der Waals surface area contributed by atoms with Gasteiger partial charge in [-0.3, -0.25) is 9.78 Å². The highest BCUT2D eigenvalue weighted by Crippen LogP contribution is 2.29. The number of nitrogens with two attached hydrogens (primary N) is 1. The highest BCUT2D eigenvalue weighted by atomic mass is 16.5. The van der Waals surface area contributed by atoms with Crippen LogP contribution in [0.15, 0.2) is 30.5 Å². The number of anilines is 1. The van der Waals surface area contributed by atoms with E-state index < -0.39 is 0 Å². The number of nitriles is 1. The number of pyridine rings is 1. The van der Waals surface area contributed by atoms with Crippen molar-refractivity contribution in [3.8, 4) is 17.6 Å². The van der Waals surface area contributed by atoms with Crippen molar-refractivity contribution in [1.82, 2.24) is 4.98 Å². The number of carbonyl (C=O) groups is 1. The van der Waals surface area contributed by atoms with Crippen LogP contribution in [0.25, 0.3) is 0 Å². The highest BCUT2D eigenvalue weighted by molar-refractivity contribution is 5.76. The zero-order valence-electron chi connectivity index (χ0n) is 20.5. The second-order valence-corrected chi connectivity index (χ2v) is 8.12. The third kappa shape index (κ3) is 9.77. The quantitative estimate of drug-likeness (QED) is 0.446. The molecule has 0 spiro atoms. The SMILES string of the molecule is CCc1cc(NC)c(OC)cn1.N#Cc1cc(C=O)ccc1O.NCC1CCC(CCO)CC1. The van der Waals surface area contributed by atoms with Gasteiger partial charge in [0, 0.05) is 24.9 Å². The number of aromatic nitrogens is 1. The van der Waals surface area contributed by atoms with Gasteiger partial charge < -0.3 is 26.0 Å². The number of rotatable bonds is 7. The van der Waals surface area contributed by atoms with E-state index in [0.29, 0.717) is 18.5 Å². The largest absolute Gasteiger partial charge is 0.507 e. The molecule has 0 unspecified atom stereocenters. The lowest BCUT2D eigenvalue weighted by molar-refractivity contribution is 0.112. The van der Waals surface area contributed by atoms with Gasteiger partial charge in [-0.05, 0) is 68.3 Å². The fourth-order valence-corrected chi connectivity index (χ4v) is 3.69. The molecule has 2 aromatic rings. The zero-order chi connectivity index (χ0) is 25.3. The van der Waals surface area contributed by atoms with Crippen LogP contribution in [0.2, 0.25) is 0 Å². The molecule has 8 nitrogen and oxygen atoms in total. The number of phenols is 1. The molecule has 3 rings (SSSR count). The summed E-state index contributed by atoms with van der Waals surface area (Å²) in [6.45, 7) is 3.29. The van der Waals surface area contributed by atoms with Crippen LogP contribution in [0.3, 0.4) is 0 Å². The number of aromatic hydroxyl groups is 1. The molecule has 1 aliphatic carbocycles. The lowest BCUT2D eigenvalue weighted by atomic mass is 9.81. The molecule has 1 heterocycles. The van der Waals surface area contributed by atoms with E-state index in [9.17, 15) is 4.79 Å². The molecule has 1 fully saturated rings. The number of nitrogens with zero attached hydrogens (tertiary/aromatic N) is 2. The number of hydrogen-bond acceptors (Lipinski definition) is 8. The fourth-order valence-electron chi connectivity index (χ4n) is 3.69. The molecule has 8 heteroatoms. The predicted molar refractivity (Wildman–Crippen MR) is 134 cm³/mol. The number of aryl methyl sites for hydroxylation is 1. The van der Waals surface area contributed by atoms with E-state index in [2.05, 4.69) is 17.2 Å². The minimum Gasteiger partial charge on any atom is -0.507 e. The third-order valence-electron chi connectivity index (χ3n) is 5.89. The molecule has 5 N–H and O–H groups in total. The van der Waals surface area contributed by atoms with Gasteiger partial charge in [0.15, 0.2) is 5.75 Å². The number of nitrogens with one attached hydrogen (secondary N) is 1. The molecule has 1 aromatic heterocycles. The van der Waals surface area contributed by atoms with E-state index in [1.807, 2.05) is 13.1 Å². The summed E-state index contributed by atoms with van der Waals surface area (Å²) in [5.74, 6) is 2.24. The molecule has 0 aliphatic heterocycles. The van der Waals surface area contributed by atoms with Crippen LogP contribution in [0.5, 0.6) is 11.5 Å². The van der Waals surface area contributed by atoms with Crippen molar-refractivity contribution in [2.45, 2.75) is 45.4 Å². The number of aldehydes is 1. The summed E-state index contributed by atoms with van der Waals surface area (Å²) in [7, 11) is 3.51. The number of methoxy groups -OCH3 is 1. The Labute approximate surface area is 202 Å². The van der Waals surface area contributed by atoms with E-state index >= 15 is 0 Å². The van der Waals surface area contributed by atoms with E-state index in [1.54, 1.807) is 19.4 Å². The van der Waals surface area contributed by atoms with E-state index in [1.165, 1.54) is 43.9 Å². The average Bonchev–Trinajstić information content (AvgIpc) is 2.90. The molecule has 0 bridgehead atoms. The van der Waals surface area contributed by atoms with E-state index in [0.717, 1.165) is 48.4 Å². The average molecular weight is 471 g/mol. The van der Waals surface area contributed by atoms with E-state index in [4.69, 9.17) is 25.9 Å². The number of hydrogen-bond donors (Lipinski definition) is 4. The Kier molecular flexibility index (Phi) is 14.0. The molecule has 186 valence electrons. The van der Waals surface area contributed by atoms with Crippen LogP contribution in [0.1, 0.15) is 60.6 Å². The minimum absolute atomic E-state index is 0.0990. The molecule has 1 aliphatic rings. The zero-order valence-corrected chi connectivity index (χ0v) is 20.5. The van der Waals surface area contributed by atoms with Crippen molar-refractivity contribution in [1.29, 1.82) is 5.26 Å². The number of ether oxygens (including phenoxy) is 1. The standard InChI is InChI=1S/C9H14N2O.C9H19NO.C8H5NO2/c1-4-7-5-8(10-2)9(12-3)6-11-7;10-7-9-3-1-8(2-4-9)5-6-11;9-4-7-3-6(5-10)1-2-8(7)11/h5-6H,4H2,1-3H3,(H,10,11);8-9,11H,1-7,10H2;1-3,5,11H. The molecule has 0 saturated heterocycles. The lowest BCUT2D eigenvalue weighted by Crippen LogP contribution is -2.21. The molecule has 34 heavy (non-hydrogen) atoms. The maximum atomic E-state index is 10.2. The Bertz CT molecular complexity index is 906. The summed E-state index contributed by atoms with van der Waals surface area (Å²) in [4.78, 5) is 14.4. The molecule has 0 radical (unpaired) electrons. The Balaban J connectivity index is 0.000000255. The van der Waals surface area contributed by atoms with Gasteiger partial charge in [0.25, 0.3) is 0 Å². The summed E-state index contributed by atoms with van der Waals surface area (Å²) in [6.07, 6.45) is 9.42. The van der Waals surface area contributed by atoms with Crippen molar-refractivity contribution < 1.29 is 19.7 Å². The lowest BCUT2D eigenvalue weighted by Gasteiger charge is -2.26. The molecular formula is C26H38N4O4. The normalized spacial score (nSPS) is 16.6. The van der Waals surface area contributed by atoms with Crippen molar-refractivity contribution >= 4 is 12.0 Å². The number of aliphatic hydroxyl groups excluding tert-OH is 1. The van der Waals surface area contributed by atoms with Crippen LogP contribution in [-0.2, 0) is 6.42 Å². The number of carbonyl (C=O) groups excluding carboxylic acids is 1. The van der Waals surface area contributed by atoms with Crippen LogP contribution in [-0.4, -0.2) is 48.8 Å². The highest BCUT2D eigenvalue weighted by Gasteiger charge is 2.19. The first kappa shape index (κ1) is 28.9. The summed E-state index contributed by atoms with van der Waals surface area (Å²) >= 11 is 0. The first-order chi connectivity index (χ1) is 16.5. The Morgan fingerprint density at radius 2 is 1.94 bits per heavy atom. The Morgan fingerprint density at radius 3 is 2.44 bits per heavy atom. The minimum atomic E-state index is -0.0990. The third-order valence-corrected chi connectivity index (χ3v) is 5.89. The maximum absolute atomic E-state index is 10.2. The second-order valence-electron chi connectivity index (χ2n) is 8.12. The van der Waals surface area contributed by atoms with Gasteiger partial charge in [-0.15, -0.1) is 0 Å². The summed E-state index contributed by atoms with van der Waals surface area (Å²) in [5, 5.41) is 29.2. The smallest absolute Gasteiger partial charge is 0.160 e. The summed E-state index contributed by atoms with van der Waals surface area (Å²) in [6, 6.07) is 7.86. The maximum Gasteiger partial charge on any atom is 0.160 e. The van der Waals surface area contributed by atoms with Crippen LogP contribution in [0, 0.1) is 23.2 Å². The summed E-state index contributed by atoms with van der Waals surface area (Å²) < 4.78 is 5.11. The molecule has 1 saturated carbocycles. The number of phenolic OH excluding ortho intramolecular Hbond substituents is 1. The molecule has 0 amide bonds. The van der Waals surface area contributed by atoms with Gasteiger partial charge >= 0.3 is 0 Å². The van der Waals surface area contributed by atoms with Crippen LogP contribution >= 0.6 is 0 Å². The molecule has 1 aromatic carbocycles. The van der Waals surface area contributed by atoms with Crippen molar-refractivity contribution in [3.05, 3.63) is 47.3 Å². The van der Waals surface area contributed by atoms with Crippen LogP contribution in [0.4, 0.5) is 5.69 Å². The van der Waals surface area contributed by atoms with Gasteiger partial charge in [-0.2, -0.15) is 5.26 Å². The fraction of sp³-hybridized carbons (Fsp3) is 0.500. The van der Waals surface area contributed by atoms with Gasteiger partial charge in [0.1, 0.15) is 18.1 Å². The molecular weight excluding hydrogens is 432 g/mol. The first-order valence-corrected chi connectivity index (χ1v) is 11.7. The van der Waals surface area contributed by atoms with Gasteiger partial charge in [-0.1, -0.05) is 19.8 Å². The molecule has 0 atom stereocenters. The Morgan fingerprint density at radius 1 is 1.26 bits per heavy atom. The monoisotopic (exact) mass is 470 g/mol. The van der Waals surface area contributed by atoms with Gasteiger partial charge in [0.05, 0.1) is 24.6 Å². The predicted octanol–water partition coefficient (Wildman–Crippen LogP) is 3.90. The summed E-state index contributed by atoms with van der Waals surface area (Å²) in [5.41, 5.74) is 8.14. The van der Waals surface area contributed by atoms with Crippen molar-refractivity contribution in [2.75, 3.05) is 32.6 Å². The second kappa shape index (κ2) is 16.5. The number of aliphatic hydroxyl groups is 1. The van der Waals surface area contributed by atoms with Gasteiger partial charge in [-0.25, -0.2) is 0 Å². The van der Waals surface area contributed by atoms with E-state index in [-0.39, 0.29) is 11.3 Å². The number of benzene rings is 1. The van der Waals surface area contributed by atoms with Gasteiger partial charge in [0.2, 0.25) is 0 Å². The van der Waals surface area contributed by atoms with Crippen molar-refractivity contribution in [3.63, 3.8) is 0 Å². The van der Waals surface area contributed by atoms with Crippen molar-refractivity contribution in [2.24, 2.45) is 17.6 Å². The first-order valence-electron chi connectivity index (χ1n) is 11.7. The topological polar surface area (TPSA) is 141 Å².